The van der Waals surface area contributed by atoms with E-state index in [-0.39, 0.29) is 6.10 Å². The third-order valence-corrected chi connectivity index (χ3v) is 8.87. The SMILES string of the molecule is Cc1ccccc1-c1noc(C2CC2)c1COC1CC2CC[C@@H](C1)N2c1ccc2cc(C(=O)O)n(C)c2c1. The quantitative estimate of drug-likeness (QED) is 0.308. The fourth-order valence-corrected chi connectivity index (χ4v) is 6.75. The molecule has 1 N–H and O–H groups in total. The number of hydrogen-bond donors (Lipinski definition) is 1. The Morgan fingerprint density at radius 3 is 2.55 bits per heavy atom. The number of aromatic nitrogens is 2. The van der Waals surface area contributed by atoms with Gasteiger partial charge in [0, 0.05) is 47.2 Å². The molecule has 0 amide bonds. The Morgan fingerprint density at radius 2 is 1.84 bits per heavy atom. The molecule has 4 aromatic rings. The van der Waals surface area contributed by atoms with Crippen molar-refractivity contribution in [1.29, 1.82) is 0 Å². The Bertz CT molecular complexity index is 1520. The lowest BCUT2D eigenvalue weighted by Crippen LogP contribution is -2.45. The summed E-state index contributed by atoms with van der Waals surface area (Å²) in [5.74, 6) is 0.595. The van der Waals surface area contributed by atoms with Crippen molar-refractivity contribution in [2.45, 2.75) is 76.2 Å². The second-order valence-electron chi connectivity index (χ2n) is 11.3. The number of carboxylic acid groups (broad SMARTS) is 1. The average molecular weight is 512 g/mol. The molecule has 3 atom stereocenters. The largest absolute Gasteiger partial charge is 0.477 e. The van der Waals surface area contributed by atoms with Gasteiger partial charge in [0.15, 0.2) is 0 Å². The molecule has 2 bridgehead atoms. The van der Waals surface area contributed by atoms with Crippen LogP contribution in [0.4, 0.5) is 5.69 Å². The van der Waals surface area contributed by atoms with Crippen molar-refractivity contribution < 1.29 is 19.2 Å². The highest BCUT2D eigenvalue weighted by Gasteiger charge is 2.42. The molecule has 2 aliphatic heterocycles. The molecule has 7 heteroatoms. The molecule has 4 heterocycles. The van der Waals surface area contributed by atoms with E-state index in [1.54, 1.807) is 10.6 Å². The normalized spacial score (nSPS) is 22.9. The van der Waals surface area contributed by atoms with E-state index in [4.69, 9.17) is 9.26 Å². The topological polar surface area (TPSA) is 80.7 Å². The van der Waals surface area contributed by atoms with Crippen molar-refractivity contribution in [2.24, 2.45) is 7.05 Å². The molecule has 2 unspecified atom stereocenters. The van der Waals surface area contributed by atoms with E-state index in [2.05, 4.69) is 59.4 Å². The second kappa shape index (κ2) is 9.02. The fourth-order valence-electron chi connectivity index (χ4n) is 6.75. The van der Waals surface area contributed by atoms with E-state index in [0.29, 0.717) is 30.3 Å². The summed E-state index contributed by atoms with van der Waals surface area (Å²) in [6.07, 6.45) is 6.83. The van der Waals surface area contributed by atoms with Crippen LogP contribution in [-0.4, -0.2) is 39.0 Å². The highest BCUT2D eigenvalue weighted by Crippen LogP contribution is 2.45. The zero-order valence-electron chi connectivity index (χ0n) is 21.9. The lowest BCUT2D eigenvalue weighted by molar-refractivity contribution is 0.0147. The number of nitrogens with zero attached hydrogens (tertiary/aromatic N) is 3. The number of aromatic carboxylic acids is 1. The van der Waals surface area contributed by atoms with E-state index in [9.17, 15) is 9.90 Å². The first-order valence-corrected chi connectivity index (χ1v) is 13.7. The number of carbonyl (C=O) groups is 1. The predicted octanol–water partition coefficient (Wildman–Crippen LogP) is 6.43. The van der Waals surface area contributed by atoms with Crippen LogP contribution in [0.25, 0.3) is 22.2 Å². The molecule has 3 fully saturated rings. The first-order valence-electron chi connectivity index (χ1n) is 13.7. The van der Waals surface area contributed by atoms with Gasteiger partial charge >= 0.3 is 5.97 Å². The lowest BCUT2D eigenvalue weighted by atomic mass is 9.98. The minimum Gasteiger partial charge on any atom is -0.477 e. The van der Waals surface area contributed by atoms with Crippen LogP contribution >= 0.6 is 0 Å². The van der Waals surface area contributed by atoms with Crippen molar-refractivity contribution in [3.05, 3.63) is 71.1 Å². The molecule has 2 saturated heterocycles. The van der Waals surface area contributed by atoms with Gasteiger partial charge in [0.25, 0.3) is 0 Å². The number of aryl methyl sites for hydroxylation is 2. The highest BCUT2D eigenvalue weighted by molar-refractivity contribution is 5.95. The van der Waals surface area contributed by atoms with Gasteiger partial charge in [-0.15, -0.1) is 0 Å². The second-order valence-corrected chi connectivity index (χ2v) is 11.3. The summed E-state index contributed by atoms with van der Waals surface area (Å²) < 4.78 is 14.3. The maximum absolute atomic E-state index is 11.6. The Hall–Kier alpha value is -3.58. The van der Waals surface area contributed by atoms with Crippen LogP contribution in [0.1, 0.15) is 71.8 Å². The number of ether oxygens (including phenoxy) is 1. The van der Waals surface area contributed by atoms with Gasteiger partial charge in [-0.2, -0.15) is 0 Å². The van der Waals surface area contributed by atoms with Gasteiger partial charge in [0.1, 0.15) is 17.1 Å². The standard InChI is InChI=1S/C31H33N3O4/c1-18-5-3-4-6-25(18)29-26(30(38-32-29)19-7-8-19)17-37-24-14-21-11-12-22(15-24)34(21)23-10-9-20-13-28(31(35)36)33(2)27(20)16-23/h3-6,9-10,13,16,19,21-22,24H,7-8,11-12,14-15,17H2,1-2H3,(H,35,36)/t21-,22?,24?/m0/s1. The van der Waals surface area contributed by atoms with E-state index >= 15 is 0 Å². The monoisotopic (exact) mass is 511 g/mol. The highest BCUT2D eigenvalue weighted by atomic mass is 16.5. The molecule has 0 radical (unpaired) electrons. The average Bonchev–Trinajstić information content (AvgIpc) is 3.51. The third kappa shape index (κ3) is 3.91. The number of carboxylic acids is 1. The molecule has 196 valence electrons. The van der Waals surface area contributed by atoms with Crippen molar-refractivity contribution >= 4 is 22.6 Å². The summed E-state index contributed by atoms with van der Waals surface area (Å²) in [6.45, 7) is 2.66. The molecule has 2 aromatic heterocycles. The minimum absolute atomic E-state index is 0.202. The first-order chi connectivity index (χ1) is 18.5. The van der Waals surface area contributed by atoms with Crippen molar-refractivity contribution in [1.82, 2.24) is 9.72 Å². The molecule has 2 aromatic carbocycles. The minimum atomic E-state index is -0.897. The molecule has 0 spiro atoms. The van der Waals surface area contributed by atoms with E-state index in [1.807, 2.05) is 7.05 Å². The molecule has 1 saturated carbocycles. The number of fused-ring (bicyclic) bond motifs is 3. The van der Waals surface area contributed by atoms with Crippen LogP contribution in [0, 0.1) is 6.92 Å². The Kier molecular flexibility index (Phi) is 5.58. The van der Waals surface area contributed by atoms with Gasteiger partial charge in [0.05, 0.1) is 18.2 Å². The van der Waals surface area contributed by atoms with E-state index in [1.165, 1.54) is 11.3 Å². The van der Waals surface area contributed by atoms with Crippen LogP contribution in [0.2, 0.25) is 0 Å². The Morgan fingerprint density at radius 1 is 1.08 bits per heavy atom. The van der Waals surface area contributed by atoms with Gasteiger partial charge in [-0.05, 0) is 69.2 Å². The van der Waals surface area contributed by atoms with Gasteiger partial charge in [0.2, 0.25) is 0 Å². The van der Waals surface area contributed by atoms with E-state index in [0.717, 1.165) is 72.0 Å². The molecular formula is C31H33N3O4. The smallest absolute Gasteiger partial charge is 0.352 e. The maximum Gasteiger partial charge on any atom is 0.352 e. The van der Waals surface area contributed by atoms with Crippen LogP contribution in [-0.2, 0) is 18.4 Å². The Labute approximate surface area is 222 Å². The molecular weight excluding hydrogens is 478 g/mol. The number of rotatable bonds is 7. The number of hydrogen-bond acceptors (Lipinski definition) is 5. The summed E-state index contributed by atoms with van der Waals surface area (Å²) in [4.78, 5) is 14.2. The molecule has 7 nitrogen and oxygen atoms in total. The van der Waals surface area contributed by atoms with Crippen molar-refractivity contribution in [3.63, 3.8) is 0 Å². The fraction of sp³-hybridized carbons (Fsp3) is 0.419. The molecule has 7 rings (SSSR count). The van der Waals surface area contributed by atoms with Crippen molar-refractivity contribution in [2.75, 3.05) is 4.90 Å². The van der Waals surface area contributed by atoms with Gasteiger partial charge in [-0.25, -0.2) is 4.79 Å². The summed E-state index contributed by atoms with van der Waals surface area (Å²) in [5, 5.41) is 15.0. The number of anilines is 1. The van der Waals surface area contributed by atoms with Crippen molar-refractivity contribution in [3.8, 4) is 11.3 Å². The predicted molar refractivity (Wildman–Crippen MR) is 146 cm³/mol. The number of benzene rings is 2. The maximum atomic E-state index is 11.6. The lowest BCUT2D eigenvalue weighted by Gasteiger charge is -2.40. The van der Waals surface area contributed by atoms with E-state index < -0.39 is 5.97 Å². The summed E-state index contributed by atoms with van der Waals surface area (Å²) in [7, 11) is 1.83. The molecule has 38 heavy (non-hydrogen) atoms. The van der Waals surface area contributed by atoms with Crippen LogP contribution in [0.15, 0.2) is 53.1 Å². The van der Waals surface area contributed by atoms with Crippen LogP contribution in [0.3, 0.4) is 0 Å². The van der Waals surface area contributed by atoms with Crippen LogP contribution < -0.4 is 4.90 Å². The third-order valence-electron chi connectivity index (χ3n) is 8.87. The summed E-state index contributed by atoms with van der Waals surface area (Å²) in [6, 6.07) is 17.3. The zero-order chi connectivity index (χ0) is 26.0. The zero-order valence-corrected chi connectivity index (χ0v) is 21.9. The van der Waals surface area contributed by atoms with Gasteiger partial charge in [-0.1, -0.05) is 35.5 Å². The number of piperidine rings is 1. The first kappa shape index (κ1) is 23.5. The Balaban J connectivity index is 1.10. The van der Waals surface area contributed by atoms with Gasteiger partial charge < -0.3 is 23.8 Å². The molecule has 3 aliphatic rings. The van der Waals surface area contributed by atoms with Crippen LogP contribution in [0.5, 0.6) is 0 Å². The summed E-state index contributed by atoms with van der Waals surface area (Å²) in [5.41, 5.74) is 6.83. The molecule has 1 aliphatic carbocycles. The van der Waals surface area contributed by atoms with Gasteiger partial charge in [-0.3, -0.25) is 0 Å². The summed E-state index contributed by atoms with van der Waals surface area (Å²) >= 11 is 0.